The van der Waals surface area contributed by atoms with Crippen molar-refractivity contribution in [2.75, 3.05) is 0 Å². The molecule has 0 aliphatic heterocycles. The van der Waals surface area contributed by atoms with E-state index in [0.29, 0.717) is 21.2 Å². The molecule has 0 heterocycles. The lowest BCUT2D eigenvalue weighted by atomic mass is 9.82. The smallest absolute Gasteiger partial charge is 0.194 e. The van der Waals surface area contributed by atoms with E-state index in [-0.39, 0.29) is 16.7 Å². The first-order valence-corrected chi connectivity index (χ1v) is 10.8. The van der Waals surface area contributed by atoms with Gasteiger partial charge in [-0.15, -0.1) is 0 Å². The van der Waals surface area contributed by atoms with Crippen molar-refractivity contribution in [2.24, 2.45) is 11.8 Å². The highest BCUT2D eigenvalue weighted by atomic mass is 35.6. The van der Waals surface area contributed by atoms with Crippen molar-refractivity contribution >= 4 is 92.8 Å². The number of alkyl halides is 3. The lowest BCUT2D eigenvalue weighted by Gasteiger charge is -2.29. The van der Waals surface area contributed by atoms with E-state index < -0.39 is 21.4 Å². The molecule has 9 heteroatoms. The molecule has 2 unspecified atom stereocenters. The predicted molar refractivity (Wildman–Crippen MR) is 123 cm³/mol. The number of hydrogen-bond acceptors (Lipinski definition) is 2. The van der Waals surface area contributed by atoms with E-state index in [2.05, 4.69) is 0 Å². The lowest BCUT2D eigenvalue weighted by Crippen LogP contribution is -2.34. The summed E-state index contributed by atoms with van der Waals surface area (Å²) in [4.78, 5) is 25.9. The molecule has 0 radical (unpaired) electrons. The average molecular weight is 533 g/mol. The van der Waals surface area contributed by atoms with E-state index in [4.69, 9.17) is 81.2 Å². The molecule has 2 aromatic carbocycles. The van der Waals surface area contributed by atoms with Crippen LogP contribution in [0.15, 0.2) is 59.1 Å². The van der Waals surface area contributed by atoms with E-state index >= 15 is 0 Å². The number of carbonyl (C=O) groups is 2. The number of hydrogen-bond donors (Lipinski definition) is 0. The van der Waals surface area contributed by atoms with Gasteiger partial charge in [0.05, 0.1) is 5.92 Å². The molecule has 0 fully saturated rings. The van der Waals surface area contributed by atoms with E-state index in [9.17, 15) is 9.59 Å². The first kappa shape index (κ1) is 24.8. The van der Waals surface area contributed by atoms with Crippen LogP contribution in [0.1, 0.15) is 27.1 Å². The van der Waals surface area contributed by atoms with E-state index in [1.165, 1.54) is 18.2 Å². The van der Waals surface area contributed by atoms with Gasteiger partial charge < -0.3 is 0 Å². The molecule has 0 spiro atoms. The maximum Gasteiger partial charge on any atom is 0.194 e. The first-order chi connectivity index (χ1) is 13.5. The molecule has 0 aromatic heterocycles. The fourth-order valence-corrected chi connectivity index (χ4v) is 3.88. The molecule has 2 atom stereocenters. The van der Waals surface area contributed by atoms with Gasteiger partial charge in [0.15, 0.2) is 15.4 Å². The first-order valence-electron chi connectivity index (χ1n) is 8.17. The molecule has 2 aromatic rings. The Hall–Kier alpha value is -0.450. The van der Waals surface area contributed by atoms with Crippen LogP contribution in [0.5, 0.6) is 0 Å². The number of rotatable bonds is 7. The van der Waals surface area contributed by atoms with Crippen molar-refractivity contribution in [3.63, 3.8) is 0 Å². The molecule has 29 heavy (non-hydrogen) atoms. The summed E-state index contributed by atoms with van der Waals surface area (Å²) < 4.78 is -2.13. The Morgan fingerprint density at radius 2 is 1.28 bits per heavy atom. The van der Waals surface area contributed by atoms with Crippen LogP contribution in [0.2, 0.25) is 10.0 Å². The fourth-order valence-electron chi connectivity index (χ4n) is 2.72. The molecule has 0 amide bonds. The Morgan fingerprint density at radius 1 is 0.828 bits per heavy atom. The zero-order chi connectivity index (χ0) is 21.8. The monoisotopic (exact) mass is 530 g/mol. The van der Waals surface area contributed by atoms with Gasteiger partial charge in [0.1, 0.15) is 4.49 Å². The van der Waals surface area contributed by atoms with Crippen molar-refractivity contribution in [2.45, 2.75) is 10.2 Å². The van der Waals surface area contributed by atoms with Crippen LogP contribution in [-0.4, -0.2) is 15.4 Å². The number of halogens is 7. The Morgan fingerprint density at radius 3 is 1.69 bits per heavy atom. The van der Waals surface area contributed by atoms with Crippen LogP contribution in [0.25, 0.3) is 0 Å². The van der Waals surface area contributed by atoms with Crippen LogP contribution in [0, 0.1) is 11.8 Å². The van der Waals surface area contributed by atoms with Crippen molar-refractivity contribution < 1.29 is 9.59 Å². The Labute approximate surface area is 203 Å². The van der Waals surface area contributed by atoms with Crippen molar-refractivity contribution in [3.8, 4) is 0 Å². The third-order valence-corrected chi connectivity index (χ3v) is 5.76. The van der Waals surface area contributed by atoms with Gasteiger partial charge in [-0.3, -0.25) is 9.59 Å². The Kier molecular flexibility index (Phi) is 9.18. The Balaban J connectivity index is 2.42. The second-order valence-corrected chi connectivity index (χ2v) is 10.4. The molecular formula is C20H13Cl7O2. The summed E-state index contributed by atoms with van der Waals surface area (Å²) >= 11 is 41.9. The minimum absolute atomic E-state index is 0.185. The van der Waals surface area contributed by atoms with Gasteiger partial charge in [-0.05, 0) is 54.6 Å². The van der Waals surface area contributed by atoms with Crippen LogP contribution < -0.4 is 0 Å². The second kappa shape index (κ2) is 10.7. The number of ketones is 2. The van der Waals surface area contributed by atoms with Gasteiger partial charge >= 0.3 is 0 Å². The Bertz CT molecular complexity index is 896. The van der Waals surface area contributed by atoms with E-state index in [1.54, 1.807) is 36.4 Å². The molecule has 0 bridgehead atoms. The van der Waals surface area contributed by atoms with Gasteiger partial charge in [0.25, 0.3) is 0 Å². The van der Waals surface area contributed by atoms with Gasteiger partial charge in [-0.25, -0.2) is 0 Å². The van der Waals surface area contributed by atoms with Gasteiger partial charge in [-0.2, -0.15) is 0 Å². The summed E-state index contributed by atoms with van der Waals surface area (Å²) in [6, 6.07) is 12.4. The third-order valence-electron chi connectivity index (χ3n) is 4.16. The number of Topliss-reactive ketones (excluding diaryl/α,β-unsaturated/α-hetero) is 2. The second-order valence-electron chi connectivity index (χ2n) is 6.14. The summed E-state index contributed by atoms with van der Waals surface area (Å²) in [6.45, 7) is 0. The summed E-state index contributed by atoms with van der Waals surface area (Å²) in [5.41, 5.74) is 0.677. The number of carbonyl (C=O) groups excluding carboxylic acids is 2. The fraction of sp³-hybridized carbons (Fsp3) is 0.200. The number of benzene rings is 2. The molecule has 0 saturated heterocycles. The normalized spacial score (nSPS) is 13.5. The van der Waals surface area contributed by atoms with Gasteiger partial charge in [-0.1, -0.05) is 81.2 Å². The molecule has 0 saturated carbocycles. The standard InChI is InChI=1S/C20H13Cl7O2/c21-13-5-1-11(2-6-13)17(28)10-16(20(25,26)27)15(9-18(23)24)19(29)12-3-7-14(22)8-4-12/h1-9,15-16H,10H2. The highest BCUT2D eigenvalue weighted by molar-refractivity contribution is 6.68. The number of allylic oxidation sites excluding steroid dienone is 1. The summed E-state index contributed by atoms with van der Waals surface area (Å²) in [5, 5.41) is 0.937. The minimum Gasteiger partial charge on any atom is -0.294 e. The summed E-state index contributed by atoms with van der Waals surface area (Å²) in [6.07, 6.45) is 1.03. The zero-order valence-electron chi connectivity index (χ0n) is 14.5. The molecule has 0 N–H and O–H groups in total. The topological polar surface area (TPSA) is 34.1 Å². The van der Waals surface area contributed by atoms with E-state index in [1.807, 2.05) is 0 Å². The van der Waals surface area contributed by atoms with Crippen LogP contribution in [0.3, 0.4) is 0 Å². The maximum atomic E-state index is 13.1. The summed E-state index contributed by atoms with van der Waals surface area (Å²) in [5.74, 6) is -2.84. The minimum atomic E-state index is -1.95. The largest absolute Gasteiger partial charge is 0.294 e. The molecule has 2 nitrogen and oxygen atoms in total. The highest BCUT2D eigenvalue weighted by Gasteiger charge is 2.42. The quantitative estimate of drug-likeness (QED) is 0.265. The molecule has 0 aliphatic carbocycles. The zero-order valence-corrected chi connectivity index (χ0v) is 19.8. The molecule has 2 rings (SSSR count). The van der Waals surface area contributed by atoms with E-state index in [0.717, 1.165) is 0 Å². The molecular weight excluding hydrogens is 520 g/mol. The van der Waals surface area contributed by atoms with Crippen molar-refractivity contribution in [3.05, 3.63) is 80.3 Å². The lowest BCUT2D eigenvalue weighted by molar-refractivity contribution is 0.0874. The third kappa shape index (κ3) is 7.33. The van der Waals surface area contributed by atoms with Gasteiger partial charge in [0.2, 0.25) is 0 Å². The summed E-state index contributed by atoms with van der Waals surface area (Å²) in [7, 11) is 0. The average Bonchev–Trinajstić information content (AvgIpc) is 2.64. The molecule has 154 valence electrons. The highest BCUT2D eigenvalue weighted by Crippen LogP contribution is 2.44. The van der Waals surface area contributed by atoms with Crippen LogP contribution in [-0.2, 0) is 0 Å². The predicted octanol–water partition coefficient (Wildman–Crippen LogP) is 8.37. The molecule has 0 aliphatic rings. The maximum absolute atomic E-state index is 13.1. The van der Waals surface area contributed by atoms with Crippen LogP contribution >= 0.6 is 81.2 Å². The van der Waals surface area contributed by atoms with Crippen molar-refractivity contribution in [1.29, 1.82) is 0 Å². The van der Waals surface area contributed by atoms with Gasteiger partial charge in [0, 0.05) is 33.5 Å². The van der Waals surface area contributed by atoms with Crippen molar-refractivity contribution in [1.82, 2.24) is 0 Å². The van der Waals surface area contributed by atoms with Crippen LogP contribution in [0.4, 0.5) is 0 Å². The SMILES string of the molecule is O=C(CC(C(C=C(Cl)Cl)C(=O)c1ccc(Cl)cc1)C(Cl)(Cl)Cl)c1ccc(Cl)cc1.